The second-order valence-corrected chi connectivity index (χ2v) is 20.1. The van der Waals surface area contributed by atoms with E-state index in [0.29, 0.717) is 0 Å². The maximum atomic E-state index is 2.53. The summed E-state index contributed by atoms with van der Waals surface area (Å²) in [7, 11) is 0. The van der Waals surface area contributed by atoms with Gasteiger partial charge in [-0.2, -0.15) is 0 Å². The van der Waals surface area contributed by atoms with Crippen LogP contribution in [0.15, 0.2) is 273 Å². The molecule has 0 N–H and O–H groups in total. The minimum absolute atomic E-state index is 0.226. The summed E-state index contributed by atoms with van der Waals surface area (Å²) in [6.45, 7) is 4.77. The van der Waals surface area contributed by atoms with E-state index < -0.39 is 0 Å². The Labute approximate surface area is 433 Å². The van der Waals surface area contributed by atoms with Gasteiger partial charge in [0.1, 0.15) is 0 Å². The lowest BCUT2D eigenvalue weighted by Crippen LogP contribution is -2.21. The quantitative estimate of drug-likeness (QED) is 0.143. The molecule has 1 heterocycles. The van der Waals surface area contributed by atoms with Gasteiger partial charge in [-0.05, 0) is 146 Å². The second-order valence-electron chi connectivity index (χ2n) is 20.1. The number of fused-ring (bicyclic) bond motifs is 6. The van der Waals surface area contributed by atoms with E-state index in [2.05, 4.69) is 302 Å². The Morgan fingerprint density at radius 3 is 1.66 bits per heavy atom. The molecule has 0 unspecified atom stereocenters. The molecule has 0 radical (unpaired) electrons. The van der Waals surface area contributed by atoms with Crippen molar-refractivity contribution in [2.24, 2.45) is 0 Å². The SMILES string of the molecule is CC1(C)c2ccccc2-c2cccc(N(c3ccc(-c4ccccc4)cc3)c3ccc4c5c(cccc35)N(c3ccccc3)c3cc(-c5ccc(N(c6ccccc6)c6ccc7ccccc7c6)cc5)ccc3-4)c21. The van der Waals surface area contributed by atoms with Crippen LogP contribution >= 0.6 is 0 Å². The molecule has 12 aromatic carbocycles. The van der Waals surface area contributed by atoms with Gasteiger partial charge in [-0.1, -0.05) is 202 Å². The smallest absolute Gasteiger partial charge is 0.0547 e. The van der Waals surface area contributed by atoms with Crippen LogP contribution in [0.25, 0.3) is 66.1 Å². The van der Waals surface area contributed by atoms with Gasteiger partial charge in [-0.25, -0.2) is 0 Å². The van der Waals surface area contributed by atoms with E-state index in [1.54, 1.807) is 0 Å². The van der Waals surface area contributed by atoms with Gasteiger partial charge in [-0.3, -0.25) is 0 Å². The van der Waals surface area contributed by atoms with Gasteiger partial charge < -0.3 is 14.7 Å². The van der Waals surface area contributed by atoms with E-state index in [4.69, 9.17) is 0 Å². The van der Waals surface area contributed by atoms with Gasteiger partial charge in [0, 0.05) is 50.2 Å². The number of hydrogen-bond donors (Lipinski definition) is 0. The highest BCUT2D eigenvalue weighted by Crippen LogP contribution is 2.57. The molecular formula is C71H51N3. The molecule has 14 rings (SSSR count). The maximum absolute atomic E-state index is 2.53. The lowest BCUT2D eigenvalue weighted by atomic mass is 9.81. The van der Waals surface area contributed by atoms with Crippen LogP contribution in [0.3, 0.4) is 0 Å². The molecule has 3 heteroatoms. The molecule has 1 aliphatic carbocycles. The first-order chi connectivity index (χ1) is 36.5. The van der Waals surface area contributed by atoms with Crippen molar-refractivity contribution in [2.75, 3.05) is 14.7 Å². The summed E-state index contributed by atoms with van der Waals surface area (Å²) in [4.78, 5) is 7.35. The standard InChI is InChI=1S/C71H51N3/c1-71(2)64-29-15-14-26-59(64)62-27-16-31-67(70(62)71)73(57-40-32-50(33-41-57)48-18-6-3-7-19-48)65-45-44-61-60-43-37-53(47-68(60)74(55-24-10-5-11-25-55)66-30-17-28-63(65)69(61)66)51-34-38-56(39-35-51)72(54-22-8-4-9-23-54)58-42-36-49-20-12-13-21-52(49)46-58/h3-47H,1-2H3. The Morgan fingerprint density at radius 2 is 0.892 bits per heavy atom. The molecule has 0 atom stereocenters. The van der Waals surface area contributed by atoms with Gasteiger partial charge >= 0.3 is 0 Å². The number of nitrogens with zero attached hydrogens (tertiary/aromatic N) is 3. The third-order valence-electron chi connectivity index (χ3n) is 15.5. The van der Waals surface area contributed by atoms with Crippen molar-refractivity contribution in [3.63, 3.8) is 0 Å². The van der Waals surface area contributed by atoms with Crippen LogP contribution in [0.5, 0.6) is 0 Å². The van der Waals surface area contributed by atoms with Crippen LogP contribution in [0.1, 0.15) is 25.0 Å². The van der Waals surface area contributed by atoms with Crippen molar-refractivity contribution in [1.29, 1.82) is 0 Å². The Kier molecular flexibility index (Phi) is 10.2. The first-order valence-electron chi connectivity index (χ1n) is 25.7. The predicted molar refractivity (Wildman–Crippen MR) is 313 cm³/mol. The van der Waals surface area contributed by atoms with Crippen molar-refractivity contribution >= 4 is 72.7 Å². The van der Waals surface area contributed by atoms with Crippen LogP contribution < -0.4 is 14.7 Å². The number of anilines is 9. The lowest BCUT2D eigenvalue weighted by Gasteiger charge is -2.36. The summed E-state index contributed by atoms with van der Waals surface area (Å²) < 4.78 is 0. The van der Waals surface area contributed by atoms with E-state index in [0.717, 1.165) is 56.6 Å². The van der Waals surface area contributed by atoms with Gasteiger partial charge in [0.2, 0.25) is 0 Å². The molecule has 0 saturated carbocycles. The zero-order chi connectivity index (χ0) is 49.3. The summed E-state index contributed by atoms with van der Waals surface area (Å²) in [5.74, 6) is 0. The third-order valence-corrected chi connectivity index (χ3v) is 15.5. The Morgan fingerprint density at radius 1 is 0.324 bits per heavy atom. The molecule has 0 aromatic heterocycles. The summed E-state index contributed by atoms with van der Waals surface area (Å²) >= 11 is 0. The average Bonchev–Trinajstić information content (AvgIpc) is 3.76. The monoisotopic (exact) mass is 945 g/mol. The molecule has 74 heavy (non-hydrogen) atoms. The van der Waals surface area contributed by atoms with Crippen molar-refractivity contribution < 1.29 is 0 Å². The summed E-state index contributed by atoms with van der Waals surface area (Å²) in [6, 6.07) is 100. The predicted octanol–water partition coefficient (Wildman–Crippen LogP) is 20.0. The molecule has 2 aliphatic rings. The third kappa shape index (κ3) is 7.04. The topological polar surface area (TPSA) is 9.72 Å². The highest BCUT2D eigenvalue weighted by molar-refractivity contribution is 6.18. The van der Waals surface area contributed by atoms with Crippen molar-refractivity contribution in [2.45, 2.75) is 19.3 Å². The molecule has 350 valence electrons. The minimum atomic E-state index is -0.226. The average molecular weight is 946 g/mol. The van der Waals surface area contributed by atoms with Gasteiger partial charge in [0.05, 0.1) is 22.7 Å². The Hall–Kier alpha value is -9.44. The molecular weight excluding hydrogens is 895 g/mol. The number of benzene rings is 12. The van der Waals surface area contributed by atoms with Crippen molar-refractivity contribution in [1.82, 2.24) is 0 Å². The van der Waals surface area contributed by atoms with Crippen molar-refractivity contribution in [3.8, 4) is 44.5 Å². The molecule has 0 amide bonds. The Bertz CT molecular complexity index is 4090. The van der Waals surface area contributed by atoms with Gasteiger partial charge in [0.15, 0.2) is 0 Å². The first-order valence-corrected chi connectivity index (χ1v) is 25.7. The molecule has 3 nitrogen and oxygen atoms in total. The van der Waals surface area contributed by atoms with E-state index in [9.17, 15) is 0 Å². The molecule has 0 spiro atoms. The summed E-state index contributed by atoms with van der Waals surface area (Å²) in [5, 5.41) is 4.87. The zero-order valence-electron chi connectivity index (χ0n) is 41.3. The fourth-order valence-corrected chi connectivity index (χ4v) is 12.1. The largest absolute Gasteiger partial charge is 0.310 e. The Balaban J connectivity index is 0.916. The molecule has 0 fully saturated rings. The fourth-order valence-electron chi connectivity index (χ4n) is 12.1. The maximum Gasteiger partial charge on any atom is 0.0547 e. The van der Waals surface area contributed by atoms with Crippen LogP contribution in [-0.2, 0) is 5.41 Å². The van der Waals surface area contributed by atoms with E-state index in [1.165, 1.54) is 71.7 Å². The van der Waals surface area contributed by atoms with E-state index >= 15 is 0 Å². The van der Waals surface area contributed by atoms with Crippen LogP contribution in [0.2, 0.25) is 0 Å². The first kappa shape index (κ1) is 43.4. The highest BCUT2D eigenvalue weighted by atomic mass is 15.2. The van der Waals surface area contributed by atoms with Crippen LogP contribution in [0.4, 0.5) is 51.2 Å². The number of hydrogen-bond acceptors (Lipinski definition) is 3. The summed E-state index contributed by atoms with van der Waals surface area (Å²) in [5.41, 5.74) is 22.4. The number of para-hydroxylation sites is 2. The van der Waals surface area contributed by atoms with E-state index in [-0.39, 0.29) is 5.41 Å². The van der Waals surface area contributed by atoms with Crippen LogP contribution in [0, 0.1) is 0 Å². The second kappa shape index (κ2) is 17.4. The van der Waals surface area contributed by atoms with Crippen LogP contribution in [-0.4, -0.2) is 0 Å². The number of rotatable bonds is 9. The molecule has 0 bridgehead atoms. The fraction of sp³-hybridized carbons (Fsp3) is 0.0423. The minimum Gasteiger partial charge on any atom is -0.310 e. The molecule has 0 saturated heterocycles. The summed E-state index contributed by atoms with van der Waals surface area (Å²) in [6.07, 6.45) is 0. The molecule has 12 aromatic rings. The normalized spacial score (nSPS) is 12.8. The van der Waals surface area contributed by atoms with Crippen molar-refractivity contribution in [3.05, 3.63) is 284 Å². The zero-order valence-corrected chi connectivity index (χ0v) is 41.3. The lowest BCUT2D eigenvalue weighted by molar-refractivity contribution is 0.661. The molecule has 1 aliphatic heterocycles. The highest BCUT2D eigenvalue weighted by Gasteiger charge is 2.39. The van der Waals surface area contributed by atoms with Gasteiger partial charge in [-0.15, -0.1) is 0 Å². The van der Waals surface area contributed by atoms with E-state index in [1.807, 2.05) is 0 Å². The van der Waals surface area contributed by atoms with Gasteiger partial charge in [0.25, 0.3) is 0 Å².